The molecule has 2 rings (SSSR count). The Hall–Kier alpha value is -2.11. The van der Waals surface area contributed by atoms with Crippen LogP contribution < -0.4 is 5.32 Å². The Morgan fingerprint density at radius 3 is 2.60 bits per heavy atom. The average molecular weight is 350 g/mol. The van der Waals surface area contributed by atoms with Crippen LogP contribution in [0.4, 0.5) is 9.18 Å². The number of nitrogens with zero attached hydrogens (tertiary/aromatic N) is 1. The zero-order valence-corrected chi connectivity index (χ0v) is 15.2. The molecule has 0 spiro atoms. The van der Waals surface area contributed by atoms with E-state index in [1.54, 1.807) is 17.0 Å². The molecule has 0 bridgehead atoms. The maximum atomic E-state index is 12.9. The molecule has 2 amide bonds. The van der Waals surface area contributed by atoms with E-state index in [0.717, 1.165) is 18.4 Å². The Morgan fingerprint density at radius 1 is 1.28 bits per heavy atom. The van der Waals surface area contributed by atoms with E-state index in [1.807, 2.05) is 20.8 Å². The standard InChI is InChI=1S/C19H27FN2O3/c1-19(2,3)25-18(24)22-12-4-5-15(13-22)17(23)21-11-10-14-6-8-16(20)9-7-14/h6-9,15H,4-5,10-13H2,1-3H3,(H,21,23)/t15-/m0/s1. The molecule has 1 saturated heterocycles. The summed E-state index contributed by atoms with van der Waals surface area (Å²) in [5.74, 6) is -0.526. The van der Waals surface area contributed by atoms with Crippen molar-refractivity contribution in [1.29, 1.82) is 0 Å². The van der Waals surface area contributed by atoms with E-state index in [1.165, 1.54) is 12.1 Å². The van der Waals surface area contributed by atoms with Gasteiger partial charge in [-0.05, 0) is 57.7 Å². The Labute approximate surface area is 148 Å². The van der Waals surface area contributed by atoms with Gasteiger partial charge in [-0.1, -0.05) is 12.1 Å². The molecule has 1 aliphatic heterocycles. The second kappa shape index (κ2) is 8.32. The van der Waals surface area contributed by atoms with Crippen molar-refractivity contribution in [1.82, 2.24) is 10.2 Å². The quantitative estimate of drug-likeness (QED) is 0.908. The van der Waals surface area contributed by atoms with Crippen molar-refractivity contribution in [3.8, 4) is 0 Å². The van der Waals surface area contributed by atoms with Crippen molar-refractivity contribution in [2.24, 2.45) is 5.92 Å². The van der Waals surface area contributed by atoms with Gasteiger partial charge in [-0.2, -0.15) is 0 Å². The molecule has 0 unspecified atom stereocenters. The van der Waals surface area contributed by atoms with Crippen molar-refractivity contribution in [3.63, 3.8) is 0 Å². The molecule has 1 heterocycles. The number of benzene rings is 1. The van der Waals surface area contributed by atoms with Gasteiger partial charge in [0.25, 0.3) is 0 Å². The van der Waals surface area contributed by atoms with Crippen molar-refractivity contribution < 1.29 is 18.7 Å². The lowest BCUT2D eigenvalue weighted by atomic mass is 9.97. The minimum Gasteiger partial charge on any atom is -0.444 e. The molecule has 6 heteroatoms. The average Bonchev–Trinajstić information content (AvgIpc) is 2.55. The van der Waals surface area contributed by atoms with E-state index in [9.17, 15) is 14.0 Å². The normalized spacial score (nSPS) is 17.9. The minimum atomic E-state index is -0.540. The Bertz CT molecular complexity index is 596. The lowest BCUT2D eigenvalue weighted by Gasteiger charge is -2.33. The van der Waals surface area contributed by atoms with Crippen molar-refractivity contribution in [3.05, 3.63) is 35.6 Å². The van der Waals surface area contributed by atoms with Crippen LogP contribution in [0.1, 0.15) is 39.2 Å². The highest BCUT2D eigenvalue weighted by atomic mass is 19.1. The van der Waals surface area contributed by atoms with Crippen LogP contribution in [-0.2, 0) is 16.0 Å². The molecule has 1 aromatic carbocycles. The lowest BCUT2D eigenvalue weighted by molar-refractivity contribution is -0.126. The molecule has 5 nitrogen and oxygen atoms in total. The number of halogens is 1. The minimum absolute atomic E-state index is 0.0460. The van der Waals surface area contributed by atoms with Crippen LogP contribution in [0, 0.1) is 11.7 Å². The topological polar surface area (TPSA) is 58.6 Å². The van der Waals surface area contributed by atoms with Gasteiger partial charge in [0.05, 0.1) is 5.92 Å². The van der Waals surface area contributed by atoms with Gasteiger partial charge < -0.3 is 15.0 Å². The Morgan fingerprint density at radius 2 is 1.96 bits per heavy atom. The fourth-order valence-electron chi connectivity index (χ4n) is 2.81. The molecular formula is C19H27FN2O3. The third-order valence-corrected chi connectivity index (χ3v) is 4.07. The number of rotatable bonds is 4. The molecule has 1 atom stereocenters. The summed E-state index contributed by atoms with van der Waals surface area (Å²) < 4.78 is 18.3. The van der Waals surface area contributed by atoms with Crippen molar-refractivity contribution >= 4 is 12.0 Å². The predicted octanol–water partition coefficient (Wildman–Crippen LogP) is 3.13. The molecule has 1 aromatic rings. The van der Waals surface area contributed by atoms with Crippen LogP contribution in [0.3, 0.4) is 0 Å². The van der Waals surface area contributed by atoms with Crippen molar-refractivity contribution in [2.75, 3.05) is 19.6 Å². The molecule has 0 aromatic heterocycles. The predicted molar refractivity (Wildman–Crippen MR) is 93.6 cm³/mol. The summed E-state index contributed by atoms with van der Waals surface area (Å²) in [6.07, 6.45) is 1.84. The zero-order valence-electron chi connectivity index (χ0n) is 15.2. The van der Waals surface area contributed by atoms with Gasteiger partial charge >= 0.3 is 6.09 Å². The lowest BCUT2D eigenvalue weighted by Crippen LogP contribution is -2.47. The number of piperidine rings is 1. The SMILES string of the molecule is CC(C)(C)OC(=O)N1CCC[C@H](C(=O)NCCc2ccc(F)cc2)C1. The first-order chi connectivity index (χ1) is 11.7. The van der Waals surface area contributed by atoms with Crippen LogP contribution >= 0.6 is 0 Å². The highest BCUT2D eigenvalue weighted by molar-refractivity contribution is 5.80. The van der Waals surface area contributed by atoms with Gasteiger partial charge in [0, 0.05) is 19.6 Å². The first-order valence-electron chi connectivity index (χ1n) is 8.75. The first-order valence-corrected chi connectivity index (χ1v) is 8.75. The highest BCUT2D eigenvalue weighted by Crippen LogP contribution is 2.19. The van der Waals surface area contributed by atoms with E-state index < -0.39 is 5.60 Å². The van der Waals surface area contributed by atoms with Crippen LogP contribution in [0.15, 0.2) is 24.3 Å². The number of hydrogen-bond acceptors (Lipinski definition) is 3. The number of carbonyl (C=O) groups is 2. The zero-order chi connectivity index (χ0) is 18.4. The summed E-state index contributed by atoms with van der Waals surface area (Å²) in [7, 11) is 0. The summed E-state index contributed by atoms with van der Waals surface area (Å²) in [6.45, 7) is 6.98. The van der Waals surface area contributed by atoms with Crippen LogP contribution in [0.25, 0.3) is 0 Å². The molecule has 25 heavy (non-hydrogen) atoms. The van der Waals surface area contributed by atoms with Gasteiger partial charge in [0.1, 0.15) is 11.4 Å². The number of nitrogens with one attached hydrogen (secondary N) is 1. The third-order valence-electron chi connectivity index (χ3n) is 4.07. The number of hydrogen-bond donors (Lipinski definition) is 1. The summed E-state index contributed by atoms with van der Waals surface area (Å²) in [5.41, 5.74) is 0.433. The summed E-state index contributed by atoms with van der Waals surface area (Å²) in [6, 6.07) is 6.26. The second-order valence-electron chi connectivity index (χ2n) is 7.43. The molecule has 0 saturated carbocycles. The summed E-state index contributed by atoms with van der Waals surface area (Å²) >= 11 is 0. The molecule has 0 radical (unpaired) electrons. The van der Waals surface area contributed by atoms with Gasteiger partial charge in [-0.15, -0.1) is 0 Å². The van der Waals surface area contributed by atoms with E-state index in [0.29, 0.717) is 26.1 Å². The molecule has 1 aliphatic rings. The largest absolute Gasteiger partial charge is 0.444 e. The van der Waals surface area contributed by atoms with Crippen LogP contribution in [0.2, 0.25) is 0 Å². The molecule has 1 fully saturated rings. The van der Waals surface area contributed by atoms with Crippen LogP contribution in [0.5, 0.6) is 0 Å². The van der Waals surface area contributed by atoms with Gasteiger partial charge in [0.2, 0.25) is 5.91 Å². The monoisotopic (exact) mass is 350 g/mol. The molecule has 138 valence electrons. The fourth-order valence-corrected chi connectivity index (χ4v) is 2.81. The van der Waals surface area contributed by atoms with Gasteiger partial charge in [-0.3, -0.25) is 4.79 Å². The van der Waals surface area contributed by atoms with E-state index in [-0.39, 0.29) is 23.7 Å². The maximum absolute atomic E-state index is 12.9. The summed E-state index contributed by atoms with van der Waals surface area (Å²) in [5, 5.41) is 2.91. The number of carbonyl (C=O) groups excluding carboxylic acids is 2. The van der Waals surface area contributed by atoms with E-state index >= 15 is 0 Å². The van der Waals surface area contributed by atoms with Gasteiger partial charge in [0.15, 0.2) is 0 Å². The summed E-state index contributed by atoms with van der Waals surface area (Å²) in [4.78, 5) is 26.1. The molecule has 1 N–H and O–H groups in total. The van der Waals surface area contributed by atoms with E-state index in [2.05, 4.69) is 5.32 Å². The second-order valence-corrected chi connectivity index (χ2v) is 7.43. The third kappa shape index (κ3) is 6.36. The number of amides is 2. The number of ether oxygens (including phenoxy) is 1. The Kier molecular flexibility index (Phi) is 6.39. The number of likely N-dealkylation sites (tertiary alicyclic amines) is 1. The molecule has 0 aliphatic carbocycles. The van der Waals surface area contributed by atoms with Crippen molar-refractivity contribution in [2.45, 2.75) is 45.6 Å². The molecular weight excluding hydrogens is 323 g/mol. The smallest absolute Gasteiger partial charge is 0.410 e. The Balaban J connectivity index is 1.78. The first kappa shape index (κ1) is 19.2. The fraction of sp³-hybridized carbons (Fsp3) is 0.579. The van der Waals surface area contributed by atoms with Crippen LogP contribution in [-0.4, -0.2) is 42.1 Å². The van der Waals surface area contributed by atoms with Gasteiger partial charge in [-0.25, -0.2) is 9.18 Å². The highest BCUT2D eigenvalue weighted by Gasteiger charge is 2.30. The van der Waals surface area contributed by atoms with E-state index in [4.69, 9.17) is 4.74 Å². The maximum Gasteiger partial charge on any atom is 0.410 e.